The Kier molecular flexibility index (Phi) is 3.98. The molecule has 2 aliphatic rings. The van der Waals surface area contributed by atoms with Crippen LogP contribution in [0.1, 0.15) is 6.42 Å². The second-order valence-corrected chi connectivity index (χ2v) is 9.51. The number of aromatic nitrogens is 2. The summed E-state index contributed by atoms with van der Waals surface area (Å²) >= 11 is 1.81. The molecule has 4 rings (SSSR count). The molecule has 0 aliphatic carbocycles. The summed E-state index contributed by atoms with van der Waals surface area (Å²) in [6.07, 6.45) is 7.34. The molecule has 0 amide bonds. The van der Waals surface area contributed by atoms with Crippen molar-refractivity contribution >= 4 is 21.8 Å². The third-order valence-electron chi connectivity index (χ3n) is 4.31. The quantitative estimate of drug-likeness (QED) is 0.825. The molecule has 2 saturated heterocycles. The predicted molar refractivity (Wildman–Crippen MR) is 91.5 cm³/mol. The van der Waals surface area contributed by atoms with Crippen molar-refractivity contribution in [3.63, 3.8) is 0 Å². The number of sulfonamides is 1. The van der Waals surface area contributed by atoms with E-state index in [0.717, 1.165) is 17.9 Å². The van der Waals surface area contributed by atoms with Gasteiger partial charge in [0, 0.05) is 48.6 Å². The van der Waals surface area contributed by atoms with E-state index >= 15 is 0 Å². The van der Waals surface area contributed by atoms with Crippen molar-refractivity contribution in [2.75, 3.05) is 18.8 Å². The number of pyridine rings is 2. The zero-order valence-corrected chi connectivity index (χ0v) is 14.5. The summed E-state index contributed by atoms with van der Waals surface area (Å²) in [6, 6.07) is 6.97. The fraction of sp³-hybridized carbons (Fsp3) is 0.375. The van der Waals surface area contributed by atoms with Crippen LogP contribution in [0, 0.1) is 0 Å². The van der Waals surface area contributed by atoms with Gasteiger partial charge in [-0.3, -0.25) is 9.97 Å². The van der Waals surface area contributed by atoms with E-state index in [1.165, 1.54) is 10.5 Å². The number of ether oxygens (including phenoxy) is 1. The normalized spacial score (nSPS) is 23.1. The van der Waals surface area contributed by atoms with Gasteiger partial charge in [0.1, 0.15) is 16.7 Å². The molecule has 0 N–H and O–H groups in total. The first-order chi connectivity index (χ1) is 11.6. The SMILES string of the molecule is O=S(=O)(c1cccnc1)N1CC2(C[C@@H](Oc3cccnc3)CS2)C1. The first kappa shape index (κ1) is 15.9. The molecule has 6 nitrogen and oxygen atoms in total. The van der Waals surface area contributed by atoms with Gasteiger partial charge in [-0.25, -0.2) is 8.42 Å². The van der Waals surface area contributed by atoms with Crippen molar-refractivity contribution < 1.29 is 13.2 Å². The second kappa shape index (κ2) is 6.02. The minimum Gasteiger partial charge on any atom is -0.488 e. The van der Waals surface area contributed by atoms with Crippen LogP contribution in [0.5, 0.6) is 5.75 Å². The van der Waals surface area contributed by atoms with Crippen LogP contribution in [0.3, 0.4) is 0 Å². The van der Waals surface area contributed by atoms with Crippen LogP contribution in [0.25, 0.3) is 0 Å². The number of rotatable bonds is 4. The van der Waals surface area contributed by atoms with E-state index in [4.69, 9.17) is 4.74 Å². The molecule has 2 aliphatic heterocycles. The van der Waals surface area contributed by atoms with Gasteiger partial charge in [0.15, 0.2) is 0 Å². The molecule has 1 atom stereocenters. The van der Waals surface area contributed by atoms with Crippen molar-refractivity contribution in [2.45, 2.75) is 22.2 Å². The lowest BCUT2D eigenvalue weighted by atomic mass is 9.95. The molecule has 0 saturated carbocycles. The van der Waals surface area contributed by atoms with E-state index in [-0.39, 0.29) is 15.7 Å². The Bertz CT molecular complexity index is 809. The lowest BCUT2D eigenvalue weighted by Gasteiger charge is -2.46. The number of hydrogen-bond donors (Lipinski definition) is 0. The number of thioether (sulfide) groups is 1. The minimum atomic E-state index is -3.44. The average Bonchev–Trinajstić information content (AvgIpc) is 3.00. The second-order valence-electron chi connectivity index (χ2n) is 6.09. The Morgan fingerprint density at radius 2 is 1.92 bits per heavy atom. The molecule has 0 aromatic carbocycles. The molecule has 2 aromatic rings. The fourth-order valence-electron chi connectivity index (χ4n) is 3.12. The van der Waals surface area contributed by atoms with Crippen LogP contribution in [-0.4, -0.2) is 52.4 Å². The van der Waals surface area contributed by atoms with Gasteiger partial charge in [-0.05, 0) is 24.3 Å². The molecule has 0 radical (unpaired) electrons. The fourth-order valence-corrected chi connectivity index (χ4v) is 6.39. The summed E-state index contributed by atoms with van der Waals surface area (Å²) in [5, 5.41) is 0. The zero-order chi connectivity index (χ0) is 16.6. The van der Waals surface area contributed by atoms with E-state index in [1.807, 2.05) is 12.1 Å². The van der Waals surface area contributed by atoms with Gasteiger partial charge in [-0.1, -0.05) is 0 Å². The topological polar surface area (TPSA) is 72.4 Å². The summed E-state index contributed by atoms with van der Waals surface area (Å²) in [5.41, 5.74) is 0. The molecular weight excluding hydrogens is 346 g/mol. The van der Waals surface area contributed by atoms with Crippen molar-refractivity contribution in [2.24, 2.45) is 0 Å². The van der Waals surface area contributed by atoms with E-state index in [0.29, 0.717) is 13.1 Å². The maximum Gasteiger partial charge on any atom is 0.244 e. The number of nitrogens with zero attached hydrogens (tertiary/aromatic N) is 3. The highest BCUT2D eigenvalue weighted by molar-refractivity contribution is 8.01. The third kappa shape index (κ3) is 2.89. The molecule has 24 heavy (non-hydrogen) atoms. The highest BCUT2D eigenvalue weighted by Crippen LogP contribution is 2.47. The smallest absolute Gasteiger partial charge is 0.244 e. The monoisotopic (exact) mass is 363 g/mol. The van der Waals surface area contributed by atoms with Crippen LogP contribution in [0.15, 0.2) is 53.9 Å². The highest BCUT2D eigenvalue weighted by Gasteiger charge is 2.53. The van der Waals surface area contributed by atoms with Crippen molar-refractivity contribution in [1.82, 2.24) is 14.3 Å². The molecule has 2 aromatic heterocycles. The molecule has 4 heterocycles. The summed E-state index contributed by atoms with van der Waals surface area (Å²) in [6.45, 7) is 1.06. The Balaban J connectivity index is 1.39. The predicted octanol–water partition coefficient (Wildman–Crippen LogP) is 1.80. The Hall–Kier alpha value is -1.64. The van der Waals surface area contributed by atoms with E-state index in [2.05, 4.69) is 9.97 Å². The van der Waals surface area contributed by atoms with E-state index in [1.54, 1.807) is 42.5 Å². The zero-order valence-electron chi connectivity index (χ0n) is 12.9. The molecule has 2 fully saturated rings. The van der Waals surface area contributed by atoms with Gasteiger partial charge in [0.25, 0.3) is 0 Å². The summed E-state index contributed by atoms with van der Waals surface area (Å²) < 4.78 is 32.6. The average molecular weight is 363 g/mol. The van der Waals surface area contributed by atoms with Crippen LogP contribution in [-0.2, 0) is 10.0 Å². The van der Waals surface area contributed by atoms with Gasteiger partial charge < -0.3 is 4.74 Å². The molecular formula is C16H17N3O3S2. The Morgan fingerprint density at radius 3 is 2.58 bits per heavy atom. The summed E-state index contributed by atoms with van der Waals surface area (Å²) in [4.78, 5) is 8.21. The summed E-state index contributed by atoms with van der Waals surface area (Å²) in [7, 11) is -3.44. The Labute approximate surface area is 145 Å². The molecule has 1 spiro atoms. The van der Waals surface area contributed by atoms with E-state index < -0.39 is 10.0 Å². The minimum absolute atomic E-state index is 0.0256. The van der Waals surface area contributed by atoms with Crippen LogP contribution in [0.4, 0.5) is 0 Å². The van der Waals surface area contributed by atoms with Crippen molar-refractivity contribution in [3.05, 3.63) is 49.1 Å². The highest BCUT2D eigenvalue weighted by atomic mass is 32.2. The standard InChI is InChI=1S/C16H17N3O3S2/c20-24(21,15-4-2-6-18-9-15)19-11-16(12-19)7-14(10-23-16)22-13-3-1-5-17-8-13/h1-6,8-9,14H,7,10-12H2/t14-/m1/s1. The van der Waals surface area contributed by atoms with Gasteiger partial charge >= 0.3 is 0 Å². The maximum atomic E-state index is 12.6. The largest absolute Gasteiger partial charge is 0.488 e. The number of hydrogen-bond acceptors (Lipinski definition) is 6. The molecule has 0 bridgehead atoms. The third-order valence-corrected chi connectivity index (χ3v) is 7.66. The first-order valence-electron chi connectivity index (χ1n) is 7.68. The first-order valence-corrected chi connectivity index (χ1v) is 10.1. The molecule has 8 heteroatoms. The van der Waals surface area contributed by atoms with Crippen molar-refractivity contribution in [3.8, 4) is 5.75 Å². The lowest BCUT2D eigenvalue weighted by Crippen LogP contribution is -2.60. The Morgan fingerprint density at radius 1 is 1.17 bits per heavy atom. The van der Waals surface area contributed by atoms with Crippen LogP contribution in [0.2, 0.25) is 0 Å². The van der Waals surface area contributed by atoms with Gasteiger partial charge in [0.05, 0.1) is 6.20 Å². The van der Waals surface area contributed by atoms with Crippen LogP contribution < -0.4 is 4.74 Å². The molecule has 126 valence electrons. The maximum absolute atomic E-state index is 12.6. The van der Waals surface area contributed by atoms with Crippen LogP contribution >= 0.6 is 11.8 Å². The summed E-state index contributed by atoms with van der Waals surface area (Å²) in [5.74, 6) is 1.63. The molecule has 0 unspecified atom stereocenters. The van der Waals surface area contributed by atoms with E-state index in [9.17, 15) is 8.42 Å². The lowest BCUT2D eigenvalue weighted by molar-refractivity contribution is 0.159. The van der Waals surface area contributed by atoms with Gasteiger partial charge in [-0.2, -0.15) is 4.31 Å². The van der Waals surface area contributed by atoms with Gasteiger partial charge in [0.2, 0.25) is 10.0 Å². The van der Waals surface area contributed by atoms with Gasteiger partial charge in [-0.15, -0.1) is 11.8 Å². The van der Waals surface area contributed by atoms with Crippen molar-refractivity contribution in [1.29, 1.82) is 0 Å².